The number of rotatable bonds is 50. The molecule has 1 unspecified atom stereocenters. The van der Waals surface area contributed by atoms with Gasteiger partial charge >= 0.3 is 11.9 Å². The van der Waals surface area contributed by atoms with Crippen molar-refractivity contribution in [3.63, 3.8) is 0 Å². The summed E-state index contributed by atoms with van der Waals surface area (Å²) in [6.45, 7) is 7.44. The lowest BCUT2D eigenvalue weighted by atomic mass is 10.1. The van der Waals surface area contributed by atoms with Gasteiger partial charge in [0.15, 0.2) is 6.10 Å². The minimum atomic E-state index is -0.593. The Bertz CT molecular complexity index is 1510. The molecule has 0 aromatic carbocycles. The van der Waals surface area contributed by atoms with E-state index >= 15 is 0 Å². The highest BCUT2D eigenvalue weighted by molar-refractivity contribution is 5.70. The van der Waals surface area contributed by atoms with Gasteiger partial charge in [0.25, 0.3) is 0 Å². The van der Waals surface area contributed by atoms with Crippen LogP contribution in [-0.2, 0) is 23.8 Å². The first-order valence-electron chi connectivity index (χ1n) is 28.4. The maximum absolute atomic E-state index is 12.8. The minimum absolute atomic E-state index is 0.0241. The first kappa shape index (κ1) is 65.8. The SMILES string of the molecule is CC/C=C\C/C=C\C/C=C\C/C=C\C/C=C\C/C=C\CCC(=O)OCC(COCCCCCCCCC/C=C\C/C=C\C/C=C\CCCCC)OC(=O)CCCCCCC/C=C\C/C=C\C/C=C\CC. The molecule has 0 aliphatic rings. The second-order valence-corrected chi connectivity index (χ2v) is 18.1. The van der Waals surface area contributed by atoms with Gasteiger partial charge in [-0.3, -0.25) is 9.59 Å². The fourth-order valence-electron chi connectivity index (χ4n) is 7.20. The number of carbonyl (C=O) groups is 2. The Kier molecular flexibility index (Phi) is 55.5. The molecule has 0 radical (unpaired) electrons. The summed E-state index contributed by atoms with van der Waals surface area (Å²) in [6, 6.07) is 0. The van der Waals surface area contributed by atoms with Crippen molar-refractivity contribution in [1.82, 2.24) is 0 Å². The standard InChI is InChI=1S/C65H104O5/c1-4-7-10-13-16-19-22-25-28-30-32-34-36-39-42-45-48-51-54-57-60-68-61-63(70-65(67)59-56-53-50-47-44-41-37-27-24-21-18-15-12-9-6-3)62-69-64(66)58-55-52-49-46-43-40-38-35-33-31-29-26-23-20-17-14-11-8-5-2/h8-9,11-12,16-21,25-29,32-35,37,40,43,49,52,63H,4-7,10,13-15,22-24,30-31,36,38-39,41-42,44-48,50-51,53-62H2,1-3H3/b11-8-,12-9-,19-16-,20-17-,21-18-,28-25-,29-26-,34-32-,35-33-,37-27-,43-40-,52-49-. The van der Waals surface area contributed by atoms with Gasteiger partial charge in [-0.1, -0.05) is 231 Å². The molecule has 0 aliphatic carbocycles. The number of hydrogen-bond acceptors (Lipinski definition) is 5. The first-order chi connectivity index (χ1) is 34.6. The van der Waals surface area contributed by atoms with E-state index in [-0.39, 0.29) is 25.2 Å². The zero-order chi connectivity index (χ0) is 50.6. The number of hydrogen-bond donors (Lipinski definition) is 0. The van der Waals surface area contributed by atoms with Crippen molar-refractivity contribution in [1.29, 1.82) is 0 Å². The average Bonchev–Trinajstić information content (AvgIpc) is 3.36. The quantitative estimate of drug-likeness (QED) is 0.0345. The summed E-state index contributed by atoms with van der Waals surface area (Å²) in [5.74, 6) is -0.528. The first-order valence-corrected chi connectivity index (χ1v) is 28.4. The van der Waals surface area contributed by atoms with Gasteiger partial charge in [-0.2, -0.15) is 0 Å². The maximum atomic E-state index is 12.8. The lowest BCUT2D eigenvalue weighted by Crippen LogP contribution is -2.30. The fraction of sp³-hybridized carbons (Fsp3) is 0.600. The van der Waals surface area contributed by atoms with Crippen molar-refractivity contribution in [2.75, 3.05) is 19.8 Å². The van der Waals surface area contributed by atoms with Gasteiger partial charge in [0.2, 0.25) is 0 Å². The van der Waals surface area contributed by atoms with E-state index in [1.165, 1.54) is 64.2 Å². The van der Waals surface area contributed by atoms with Gasteiger partial charge in [-0.15, -0.1) is 0 Å². The van der Waals surface area contributed by atoms with Gasteiger partial charge < -0.3 is 14.2 Å². The molecule has 394 valence electrons. The smallest absolute Gasteiger partial charge is 0.306 e. The van der Waals surface area contributed by atoms with E-state index < -0.39 is 6.10 Å². The number of ether oxygens (including phenoxy) is 3. The zero-order valence-corrected chi connectivity index (χ0v) is 45.2. The van der Waals surface area contributed by atoms with Crippen LogP contribution in [0.4, 0.5) is 0 Å². The Morgan fingerprint density at radius 2 is 0.671 bits per heavy atom. The number of allylic oxidation sites excluding steroid dienone is 24. The summed E-state index contributed by atoms with van der Waals surface area (Å²) in [5.41, 5.74) is 0. The highest BCUT2D eigenvalue weighted by atomic mass is 16.6. The molecule has 0 aromatic rings. The van der Waals surface area contributed by atoms with Crippen LogP contribution < -0.4 is 0 Å². The Morgan fingerprint density at radius 1 is 0.329 bits per heavy atom. The lowest BCUT2D eigenvalue weighted by Gasteiger charge is -2.18. The Morgan fingerprint density at radius 3 is 1.09 bits per heavy atom. The number of carbonyl (C=O) groups excluding carboxylic acids is 2. The summed E-state index contributed by atoms with van der Waals surface area (Å²) in [4.78, 5) is 25.5. The fourth-order valence-corrected chi connectivity index (χ4v) is 7.20. The molecule has 5 nitrogen and oxygen atoms in total. The molecule has 0 aromatic heterocycles. The molecule has 0 heterocycles. The van der Waals surface area contributed by atoms with E-state index in [1.54, 1.807) is 0 Å². The van der Waals surface area contributed by atoms with Gasteiger partial charge in [0.05, 0.1) is 6.61 Å². The molecule has 0 bridgehead atoms. The molecule has 0 rings (SSSR count). The van der Waals surface area contributed by atoms with Crippen molar-refractivity contribution in [2.45, 2.75) is 232 Å². The van der Waals surface area contributed by atoms with E-state index in [0.29, 0.717) is 25.9 Å². The van der Waals surface area contributed by atoms with Gasteiger partial charge in [0.1, 0.15) is 6.61 Å². The van der Waals surface area contributed by atoms with Crippen LogP contribution in [0.2, 0.25) is 0 Å². The summed E-state index contributed by atoms with van der Waals surface area (Å²) in [5, 5.41) is 0. The van der Waals surface area contributed by atoms with Crippen molar-refractivity contribution in [3.05, 3.63) is 146 Å². The molecule has 5 heteroatoms. The van der Waals surface area contributed by atoms with Gasteiger partial charge in [-0.05, 0) is 128 Å². The molecule has 1 atom stereocenters. The molecular weight excluding hydrogens is 861 g/mol. The highest BCUT2D eigenvalue weighted by Crippen LogP contribution is 2.12. The van der Waals surface area contributed by atoms with Gasteiger partial charge in [-0.25, -0.2) is 0 Å². The third-order valence-electron chi connectivity index (χ3n) is 11.4. The third kappa shape index (κ3) is 56.4. The van der Waals surface area contributed by atoms with E-state index in [9.17, 15) is 9.59 Å². The van der Waals surface area contributed by atoms with Gasteiger partial charge in [0, 0.05) is 19.4 Å². The Balaban J connectivity index is 4.46. The molecule has 0 aliphatic heterocycles. The third-order valence-corrected chi connectivity index (χ3v) is 11.4. The van der Waals surface area contributed by atoms with Crippen molar-refractivity contribution in [2.24, 2.45) is 0 Å². The molecular formula is C65H104O5. The zero-order valence-electron chi connectivity index (χ0n) is 45.2. The molecule has 0 amide bonds. The van der Waals surface area contributed by atoms with E-state index in [1.807, 2.05) is 6.08 Å². The molecule has 0 N–H and O–H groups in total. The van der Waals surface area contributed by atoms with Crippen molar-refractivity contribution >= 4 is 11.9 Å². The predicted molar refractivity (Wildman–Crippen MR) is 306 cm³/mol. The topological polar surface area (TPSA) is 61.8 Å². The second-order valence-electron chi connectivity index (χ2n) is 18.1. The van der Waals surface area contributed by atoms with Crippen LogP contribution >= 0.6 is 0 Å². The molecule has 0 spiro atoms. The van der Waals surface area contributed by atoms with Crippen LogP contribution in [0.15, 0.2) is 146 Å². The summed E-state index contributed by atoms with van der Waals surface area (Å²) in [7, 11) is 0. The van der Waals surface area contributed by atoms with E-state index in [4.69, 9.17) is 14.2 Å². The maximum Gasteiger partial charge on any atom is 0.306 e. The predicted octanol–water partition coefficient (Wildman–Crippen LogP) is 19.7. The van der Waals surface area contributed by atoms with Crippen LogP contribution in [0.25, 0.3) is 0 Å². The van der Waals surface area contributed by atoms with E-state index in [0.717, 1.165) is 122 Å². The Hall–Kier alpha value is -4.22. The number of unbranched alkanes of at least 4 members (excludes halogenated alkanes) is 15. The highest BCUT2D eigenvalue weighted by Gasteiger charge is 2.17. The molecule has 0 fully saturated rings. The van der Waals surface area contributed by atoms with E-state index in [2.05, 4.69) is 161 Å². The summed E-state index contributed by atoms with van der Waals surface area (Å²) < 4.78 is 17.4. The Labute approximate surface area is 431 Å². The summed E-state index contributed by atoms with van der Waals surface area (Å²) in [6.07, 6.45) is 85.9. The largest absolute Gasteiger partial charge is 0.462 e. The van der Waals surface area contributed by atoms with Crippen LogP contribution in [0.1, 0.15) is 226 Å². The average molecular weight is 966 g/mol. The normalized spacial score (nSPS) is 13.4. The lowest BCUT2D eigenvalue weighted by molar-refractivity contribution is -0.162. The minimum Gasteiger partial charge on any atom is -0.462 e. The van der Waals surface area contributed by atoms with Crippen LogP contribution in [0, 0.1) is 0 Å². The van der Waals surface area contributed by atoms with Crippen LogP contribution in [-0.4, -0.2) is 37.9 Å². The molecule has 70 heavy (non-hydrogen) atoms. The van der Waals surface area contributed by atoms with Crippen molar-refractivity contribution < 1.29 is 23.8 Å². The monoisotopic (exact) mass is 965 g/mol. The van der Waals surface area contributed by atoms with Crippen LogP contribution in [0.5, 0.6) is 0 Å². The second kappa shape index (κ2) is 59.1. The molecule has 0 saturated heterocycles. The summed E-state index contributed by atoms with van der Waals surface area (Å²) >= 11 is 0. The van der Waals surface area contributed by atoms with Crippen molar-refractivity contribution in [3.8, 4) is 0 Å². The van der Waals surface area contributed by atoms with Crippen LogP contribution in [0.3, 0.4) is 0 Å². The molecule has 0 saturated carbocycles. The number of esters is 2.